The minimum atomic E-state index is -0.455. The molecule has 0 unspecified atom stereocenters. The molecule has 6 nitrogen and oxygen atoms in total. The Hall–Kier alpha value is -2.11. The van der Waals surface area contributed by atoms with Crippen molar-refractivity contribution in [2.75, 3.05) is 0 Å². The second-order valence-corrected chi connectivity index (χ2v) is 2.43. The smallest absolute Gasteiger partial charge is 0.326 e. The lowest BCUT2D eigenvalue weighted by Gasteiger charge is -1.88. The number of allylic oxidation sites excluding steroid dienone is 1. The van der Waals surface area contributed by atoms with Gasteiger partial charge in [0.2, 0.25) is 5.88 Å². The van der Waals surface area contributed by atoms with Crippen molar-refractivity contribution < 1.29 is 5.11 Å². The molecule has 6 heteroatoms. The fourth-order valence-electron chi connectivity index (χ4n) is 0.958. The number of rotatable bonds is 1. The highest BCUT2D eigenvalue weighted by Crippen LogP contribution is 2.12. The van der Waals surface area contributed by atoms with E-state index < -0.39 is 5.69 Å². The molecule has 0 bridgehead atoms. The van der Waals surface area contributed by atoms with Crippen LogP contribution in [-0.4, -0.2) is 27.6 Å². The molecule has 0 radical (unpaired) electrons. The average molecular weight is 178 g/mol. The van der Waals surface area contributed by atoms with Gasteiger partial charge >= 0.3 is 5.69 Å². The molecule has 66 valence electrons. The SMILES string of the molecule is O=c1[nH]c(O)c(/C=C2/C=NC=N2)[nH]1. The average Bonchev–Trinajstić information content (AvgIpc) is 2.63. The van der Waals surface area contributed by atoms with Gasteiger partial charge in [0.15, 0.2) is 0 Å². The van der Waals surface area contributed by atoms with E-state index in [2.05, 4.69) is 20.0 Å². The highest BCUT2D eigenvalue weighted by molar-refractivity contribution is 5.95. The second-order valence-electron chi connectivity index (χ2n) is 2.43. The zero-order valence-corrected chi connectivity index (χ0v) is 6.48. The summed E-state index contributed by atoms with van der Waals surface area (Å²) in [5.41, 5.74) is 0.416. The molecule has 0 amide bonds. The topological polar surface area (TPSA) is 93.6 Å². The summed E-state index contributed by atoms with van der Waals surface area (Å²) >= 11 is 0. The number of nitrogens with zero attached hydrogens (tertiary/aromatic N) is 2. The molecule has 2 rings (SSSR count). The van der Waals surface area contributed by atoms with Gasteiger partial charge in [0.05, 0.1) is 11.9 Å². The van der Waals surface area contributed by atoms with Gasteiger partial charge in [-0.1, -0.05) is 0 Å². The third-order valence-corrected chi connectivity index (χ3v) is 1.51. The van der Waals surface area contributed by atoms with E-state index >= 15 is 0 Å². The van der Waals surface area contributed by atoms with E-state index in [1.165, 1.54) is 18.6 Å². The third kappa shape index (κ3) is 1.41. The van der Waals surface area contributed by atoms with Crippen LogP contribution < -0.4 is 5.69 Å². The maximum Gasteiger partial charge on any atom is 0.326 e. The quantitative estimate of drug-likeness (QED) is 0.558. The van der Waals surface area contributed by atoms with E-state index in [1.807, 2.05) is 0 Å². The van der Waals surface area contributed by atoms with Crippen LogP contribution in [0.3, 0.4) is 0 Å². The minimum absolute atomic E-state index is 0.201. The van der Waals surface area contributed by atoms with Gasteiger partial charge in [-0.3, -0.25) is 4.98 Å². The number of aromatic amines is 2. The number of hydrogen-bond acceptors (Lipinski definition) is 4. The lowest BCUT2D eigenvalue weighted by Crippen LogP contribution is -2.00. The molecule has 0 aromatic carbocycles. The van der Waals surface area contributed by atoms with Crippen molar-refractivity contribution in [3.8, 4) is 5.88 Å². The first-order chi connectivity index (χ1) is 6.25. The fourth-order valence-corrected chi connectivity index (χ4v) is 0.958. The molecular weight excluding hydrogens is 172 g/mol. The number of aromatic hydroxyl groups is 1. The van der Waals surface area contributed by atoms with Crippen LogP contribution in [0.1, 0.15) is 5.69 Å². The molecule has 0 atom stereocenters. The molecule has 0 spiro atoms. The van der Waals surface area contributed by atoms with E-state index in [9.17, 15) is 4.79 Å². The van der Waals surface area contributed by atoms with Gasteiger partial charge in [-0.2, -0.15) is 0 Å². The predicted octanol–water partition coefficient (Wildman–Crippen LogP) is -0.138. The standard InChI is InChI=1S/C7H6N4O2/c12-6-5(10-7(13)11-6)1-4-2-8-3-9-4/h1-3,12H,(H2,10,11,13)/b4-1-. The summed E-state index contributed by atoms with van der Waals surface area (Å²) in [6.07, 6.45) is 4.42. The van der Waals surface area contributed by atoms with Crippen molar-refractivity contribution in [1.29, 1.82) is 0 Å². The molecule has 13 heavy (non-hydrogen) atoms. The van der Waals surface area contributed by atoms with Crippen molar-refractivity contribution in [2.24, 2.45) is 9.98 Å². The highest BCUT2D eigenvalue weighted by atomic mass is 16.3. The maximum absolute atomic E-state index is 10.7. The van der Waals surface area contributed by atoms with Crippen molar-refractivity contribution in [2.45, 2.75) is 0 Å². The summed E-state index contributed by atoms with van der Waals surface area (Å²) in [5.74, 6) is -0.201. The monoisotopic (exact) mass is 178 g/mol. The van der Waals surface area contributed by atoms with Crippen LogP contribution in [0.4, 0.5) is 0 Å². The Bertz CT molecular complexity index is 449. The minimum Gasteiger partial charge on any atom is -0.493 e. The Kier molecular flexibility index (Phi) is 1.59. The molecule has 3 N–H and O–H groups in total. The summed E-state index contributed by atoms with van der Waals surface area (Å²) in [5, 5.41) is 9.16. The second kappa shape index (κ2) is 2.74. The lowest BCUT2D eigenvalue weighted by molar-refractivity contribution is 0.454. The number of aliphatic imine (C=N–C) groups is 2. The number of aromatic nitrogens is 2. The van der Waals surface area contributed by atoms with E-state index in [-0.39, 0.29) is 5.88 Å². The van der Waals surface area contributed by atoms with E-state index in [4.69, 9.17) is 5.11 Å². The lowest BCUT2D eigenvalue weighted by atomic mass is 10.3. The van der Waals surface area contributed by atoms with Gasteiger partial charge in [-0.05, 0) is 6.08 Å². The van der Waals surface area contributed by atoms with E-state index in [1.54, 1.807) is 0 Å². The van der Waals surface area contributed by atoms with Crippen LogP contribution >= 0.6 is 0 Å². The van der Waals surface area contributed by atoms with Crippen LogP contribution in [0, 0.1) is 0 Å². The maximum atomic E-state index is 10.7. The molecule has 0 aliphatic carbocycles. The predicted molar refractivity (Wildman–Crippen MR) is 48.0 cm³/mol. The number of imidazole rings is 1. The van der Waals surface area contributed by atoms with Crippen LogP contribution in [-0.2, 0) is 0 Å². The molecule has 1 aliphatic heterocycles. The number of nitrogens with one attached hydrogen (secondary N) is 2. The van der Waals surface area contributed by atoms with Crippen molar-refractivity contribution in [3.63, 3.8) is 0 Å². The van der Waals surface area contributed by atoms with Crippen LogP contribution in [0.2, 0.25) is 0 Å². The fraction of sp³-hybridized carbons (Fsp3) is 0. The third-order valence-electron chi connectivity index (χ3n) is 1.51. The van der Waals surface area contributed by atoms with Crippen LogP contribution in [0.15, 0.2) is 20.5 Å². The molecule has 0 fully saturated rings. The first kappa shape index (κ1) is 7.53. The van der Waals surface area contributed by atoms with Gasteiger partial charge in [0.25, 0.3) is 0 Å². The molecule has 1 aromatic rings. The largest absolute Gasteiger partial charge is 0.493 e. The van der Waals surface area contributed by atoms with Crippen molar-refractivity contribution >= 4 is 18.6 Å². The first-order valence-corrected chi connectivity index (χ1v) is 3.54. The van der Waals surface area contributed by atoms with Crippen LogP contribution in [0.5, 0.6) is 5.88 Å². The van der Waals surface area contributed by atoms with Crippen molar-refractivity contribution in [3.05, 3.63) is 21.9 Å². The first-order valence-electron chi connectivity index (χ1n) is 3.54. The van der Waals surface area contributed by atoms with Gasteiger partial charge in [-0.15, -0.1) is 0 Å². The zero-order chi connectivity index (χ0) is 9.26. The van der Waals surface area contributed by atoms with Gasteiger partial charge < -0.3 is 10.1 Å². The summed E-state index contributed by atoms with van der Waals surface area (Å²) in [7, 11) is 0. The highest BCUT2D eigenvalue weighted by Gasteiger charge is 2.03. The molecule has 2 heterocycles. The molecular formula is C7H6N4O2. The summed E-state index contributed by atoms with van der Waals surface area (Å²) < 4.78 is 0. The van der Waals surface area contributed by atoms with Gasteiger partial charge in [0, 0.05) is 0 Å². The van der Waals surface area contributed by atoms with Gasteiger partial charge in [-0.25, -0.2) is 14.8 Å². The van der Waals surface area contributed by atoms with Crippen molar-refractivity contribution in [1.82, 2.24) is 9.97 Å². The Morgan fingerprint density at radius 1 is 1.46 bits per heavy atom. The molecule has 0 saturated carbocycles. The number of H-pyrrole nitrogens is 2. The van der Waals surface area contributed by atoms with Gasteiger partial charge in [0.1, 0.15) is 12.0 Å². The Balaban J connectivity index is 2.42. The Labute approximate surface area is 72.4 Å². The summed E-state index contributed by atoms with van der Waals surface area (Å²) in [6.45, 7) is 0. The zero-order valence-electron chi connectivity index (χ0n) is 6.48. The van der Waals surface area contributed by atoms with E-state index in [0.717, 1.165) is 0 Å². The number of hydrogen-bond donors (Lipinski definition) is 3. The summed E-state index contributed by atoms with van der Waals surface area (Å²) in [4.78, 5) is 22.9. The van der Waals surface area contributed by atoms with E-state index in [0.29, 0.717) is 11.4 Å². The normalized spacial score (nSPS) is 17.4. The van der Waals surface area contributed by atoms with Crippen LogP contribution in [0.25, 0.3) is 6.08 Å². The Morgan fingerprint density at radius 3 is 2.85 bits per heavy atom. The Morgan fingerprint density at radius 2 is 2.31 bits per heavy atom. The molecule has 1 aliphatic rings. The molecule has 0 saturated heterocycles. The molecule has 1 aromatic heterocycles. The summed E-state index contributed by atoms with van der Waals surface area (Å²) in [6, 6.07) is 0.